The van der Waals surface area contributed by atoms with Crippen molar-refractivity contribution in [2.24, 2.45) is 0 Å². The minimum Gasteiger partial charge on any atom is -0.492 e. The Bertz CT molecular complexity index is 810. The number of thioether (sulfide) groups is 1. The van der Waals surface area contributed by atoms with E-state index in [1.54, 1.807) is 11.8 Å². The first-order valence-corrected chi connectivity index (χ1v) is 10.5. The van der Waals surface area contributed by atoms with E-state index in [2.05, 4.69) is 17.0 Å². The zero-order chi connectivity index (χ0) is 17.9. The number of fused-ring (bicyclic) bond motifs is 1. The lowest BCUT2D eigenvalue weighted by Gasteiger charge is -2.18. The van der Waals surface area contributed by atoms with Gasteiger partial charge >= 0.3 is 0 Å². The van der Waals surface area contributed by atoms with Gasteiger partial charge in [-0.05, 0) is 48.7 Å². The zero-order valence-corrected chi connectivity index (χ0v) is 16.2. The normalized spacial score (nSPS) is 19.8. The minimum absolute atomic E-state index is 0.193. The third-order valence-electron chi connectivity index (χ3n) is 5.11. The molecular formula is C21H22ClNO2S. The number of carbonyl (C=O) groups excluding carboxylic acids is 1. The highest BCUT2D eigenvalue weighted by Gasteiger charge is 2.24. The molecule has 1 fully saturated rings. The number of carbonyl (C=O) groups is 1. The van der Waals surface area contributed by atoms with Gasteiger partial charge in [0.05, 0.1) is 6.61 Å². The second-order valence-corrected chi connectivity index (χ2v) is 8.45. The predicted octanol–water partition coefficient (Wildman–Crippen LogP) is 4.89. The van der Waals surface area contributed by atoms with E-state index in [1.807, 2.05) is 30.3 Å². The smallest absolute Gasteiger partial charge is 0.164 e. The second kappa shape index (κ2) is 8.03. The summed E-state index contributed by atoms with van der Waals surface area (Å²) < 4.78 is 5.67. The summed E-state index contributed by atoms with van der Waals surface area (Å²) in [5.74, 6) is 2.54. The summed E-state index contributed by atoms with van der Waals surface area (Å²) in [5, 5.41) is 0.795. The van der Waals surface area contributed by atoms with E-state index in [9.17, 15) is 4.79 Å². The first-order valence-electron chi connectivity index (χ1n) is 9.10. The van der Waals surface area contributed by atoms with Crippen molar-refractivity contribution in [2.45, 2.75) is 23.7 Å². The summed E-state index contributed by atoms with van der Waals surface area (Å²) >= 11 is 7.90. The van der Waals surface area contributed by atoms with Crippen LogP contribution in [0.4, 0.5) is 0 Å². The molecule has 2 aromatic rings. The van der Waals surface area contributed by atoms with E-state index < -0.39 is 0 Å². The SMILES string of the molecule is O=C(CCN1CCC(c2cccc(Cl)c2)C1)c1ccc2c(c1)OCCS2. The molecular weight excluding hydrogens is 366 g/mol. The lowest BCUT2D eigenvalue weighted by atomic mass is 9.99. The Kier molecular flexibility index (Phi) is 5.53. The van der Waals surface area contributed by atoms with Crippen LogP contribution in [0.3, 0.4) is 0 Å². The van der Waals surface area contributed by atoms with Crippen LogP contribution in [0.15, 0.2) is 47.4 Å². The van der Waals surface area contributed by atoms with Gasteiger partial charge in [-0.2, -0.15) is 0 Å². The van der Waals surface area contributed by atoms with Crippen molar-refractivity contribution in [2.75, 3.05) is 32.0 Å². The predicted molar refractivity (Wildman–Crippen MR) is 107 cm³/mol. The summed E-state index contributed by atoms with van der Waals surface area (Å²) in [7, 11) is 0. The molecule has 1 atom stereocenters. The van der Waals surface area contributed by atoms with E-state index in [4.69, 9.17) is 16.3 Å². The van der Waals surface area contributed by atoms with Crippen LogP contribution in [-0.4, -0.2) is 42.7 Å². The molecule has 0 radical (unpaired) electrons. The molecule has 0 N–H and O–H groups in total. The molecule has 0 bridgehead atoms. The Morgan fingerprint density at radius 2 is 2.19 bits per heavy atom. The Morgan fingerprint density at radius 1 is 1.27 bits per heavy atom. The largest absolute Gasteiger partial charge is 0.492 e. The van der Waals surface area contributed by atoms with Crippen molar-refractivity contribution in [3.63, 3.8) is 0 Å². The molecule has 0 aliphatic carbocycles. The molecule has 0 saturated carbocycles. The van der Waals surface area contributed by atoms with Crippen LogP contribution in [0.2, 0.25) is 5.02 Å². The van der Waals surface area contributed by atoms with Gasteiger partial charge in [-0.3, -0.25) is 4.79 Å². The number of hydrogen-bond acceptors (Lipinski definition) is 4. The molecule has 26 heavy (non-hydrogen) atoms. The summed E-state index contributed by atoms with van der Waals surface area (Å²) in [4.78, 5) is 16.1. The highest BCUT2D eigenvalue weighted by Crippen LogP contribution is 2.34. The molecule has 2 aliphatic rings. The first-order chi connectivity index (χ1) is 12.7. The number of ketones is 1. The Balaban J connectivity index is 1.32. The third kappa shape index (κ3) is 4.08. The number of halogens is 1. The maximum absolute atomic E-state index is 12.6. The molecule has 0 spiro atoms. The van der Waals surface area contributed by atoms with Gasteiger partial charge in [0.25, 0.3) is 0 Å². The van der Waals surface area contributed by atoms with Crippen molar-refractivity contribution in [1.82, 2.24) is 4.90 Å². The molecule has 4 rings (SSSR count). The Labute approximate surface area is 163 Å². The highest BCUT2D eigenvalue weighted by atomic mass is 35.5. The number of Topliss-reactive ketones (excluding diaryl/α,β-unsaturated/α-hetero) is 1. The highest BCUT2D eigenvalue weighted by molar-refractivity contribution is 7.99. The van der Waals surface area contributed by atoms with Crippen molar-refractivity contribution < 1.29 is 9.53 Å². The number of hydrogen-bond donors (Lipinski definition) is 0. The molecule has 2 aromatic carbocycles. The fourth-order valence-corrected chi connectivity index (χ4v) is 4.70. The zero-order valence-electron chi connectivity index (χ0n) is 14.6. The lowest BCUT2D eigenvalue weighted by Crippen LogP contribution is -2.23. The maximum Gasteiger partial charge on any atom is 0.164 e. The van der Waals surface area contributed by atoms with Gasteiger partial charge in [-0.25, -0.2) is 0 Å². The molecule has 3 nitrogen and oxygen atoms in total. The van der Waals surface area contributed by atoms with E-state index in [0.717, 1.165) is 53.0 Å². The molecule has 136 valence electrons. The van der Waals surface area contributed by atoms with Gasteiger partial charge in [0.1, 0.15) is 5.75 Å². The van der Waals surface area contributed by atoms with E-state index in [1.165, 1.54) is 5.56 Å². The average molecular weight is 388 g/mol. The molecule has 0 aromatic heterocycles. The van der Waals surface area contributed by atoms with Crippen molar-refractivity contribution >= 4 is 29.1 Å². The average Bonchev–Trinajstić information content (AvgIpc) is 3.15. The van der Waals surface area contributed by atoms with Crippen molar-refractivity contribution in [3.05, 3.63) is 58.6 Å². The van der Waals surface area contributed by atoms with E-state index >= 15 is 0 Å². The topological polar surface area (TPSA) is 29.5 Å². The number of likely N-dealkylation sites (tertiary alicyclic amines) is 1. The molecule has 2 aliphatic heterocycles. The molecule has 5 heteroatoms. The summed E-state index contributed by atoms with van der Waals surface area (Å²) in [6, 6.07) is 14.0. The van der Waals surface area contributed by atoms with Gasteiger partial charge in [-0.15, -0.1) is 11.8 Å². The number of nitrogens with zero attached hydrogens (tertiary/aromatic N) is 1. The van der Waals surface area contributed by atoms with Gasteiger partial charge in [0, 0.05) is 40.7 Å². The van der Waals surface area contributed by atoms with Gasteiger partial charge in [-0.1, -0.05) is 29.8 Å². The van der Waals surface area contributed by atoms with Crippen LogP contribution in [0.25, 0.3) is 0 Å². The number of ether oxygens (including phenoxy) is 1. The van der Waals surface area contributed by atoms with Crippen LogP contribution < -0.4 is 4.74 Å². The second-order valence-electron chi connectivity index (χ2n) is 6.87. The molecule has 1 unspecified atom stereocenters. The fourth-order valence-electron chi connectivity index (χ4n) is 3.69. The summed E-state index contributed by atoms with van der Waals surface area (Å²) in [5.41, 5.74) is 2.06. The van der Waals surface area contributed by atoms with Crippen LogP contribution in [0.5, 0.6) is 5.75 Å². The Morgan fingerprint density at radius 3 is 3.08 bits per heavy atom. The van der Waals surface area contributed by atoms with Crippen molar-refractivity contribution in [1.29, 1.82) is 0 Å². The first kappa shape index (κ1) is 17.9. The Hall–Kier alpha value is -1.49. The third-order valence-corrected chi connectivity index (χ3v) is 6.37. The molecule has 0 amide bonds. The van der Waals surface area contributed by atoms with E-state index in [0.29, 0.717) is 18.9 Å². The van der Waals surface area contributed by atoms with Crippen molar-refractivity contribution in [3.8, 4) is 5.75 Å². The van der Waals surface area contributed by atoms with Crippen LogP contribution in [-0.2, 0) is 0 Å². The molecule has 1 saturated heterocycles. The maximum atomic E-state index is 12.6. The standard InChI is InChI=1S/C21H22ClNO2S/c22-18-3-1-2-15(12-18)17-6-8-23(14-17)9-7-19(24)16-4-5-21-20(13-16)25-10-11-26-21/h1-5,12-13,17H,6-11,14H2. The van der Waals surface area contributed by atoms with E-state index in [-0.39, 0.29) is 5.78 Å². The lowest BCUT2D eigenvalue weighted by molar-refractivity contribution is 0.0968. The van der Waals surface area contributed by atoms with Crippen LogP contribution >= 0.6 is 23.4 Å². The minimum atomic E-state index is 0.193. The number of rotatable bonds is 5. The fraction of sp³-hybridized carbons (Fsp3) is 0.381. The molecule has 2 heterocycles. The van der Waals surface area contributed by atoms with Gasteiger partial charge in [0.15, 0.2) is 5.78 Å². The van der Waals surface area contributed by atoms with Crippen LogP contribution in [0, 0.1) is 0 Å². The van der Waals surface area contributed by atoms with Crippen LogP contribution in [0.1, 0.15) is 34.7 Å². The van der Waals surface area contributed by atoms with Gasteiger partial charge in [0.2, 0.25) is 0 Å². The summed E-state index contributed by atoms with van der Waals surface area (Å²) in [6.45, 7) is 3.56. The number of benzene rings is 2. The monoisotopic (exact) mass is 387 g/mol. The van der Waals surface area contributed by atoms with Gasteiger partial charge < -0.3 is 9.64 Å². The summed E-state index contributed by atoms with van der Waals surface area (Å²) in [6.07, 6.45) is 1.67. The quantitative estimate of drug-likeness (QED) is 0.683.